The fourth-order valence-corrected chi connectivity index (χ4v) is 2.21. The molecule has 0 aromatic heterocycles. The van der Waals surface area contributed by atoms with Gasteiger partial charge in [0.2, 0.25) is 0 Å². The van der Waals surface area contributed by atoms with Gasteiger partial charge in [-0.1, -0.05) is 24.3 Å². The number of carbonyl (C=O) groups is 1. The Balaban J connectivity index is 2.05. The van der Waals surface area contributed by atoms with E-state index in [-0.39, 0.29) is 6.42 Å². The summed E-state index contributed by atoms with van der Waals surface area (Å²) < 4.78 is 25.7. The van der Waals surface area contributed by atoms with Crippen LogP contribution in [0.2, 0.25) is 0 Å². The van der Waals surface area contributed by atoms with Gasteiger partial charge in [-0.25, -0.2) is 4.39 Å². The number of aryl methyl sites for hydroxylation is 1. The molecule has 4 nitrogen and oxygen atoms in total. The Morgan fingerprint density at radius 2 is 1.70 bits per heavy atom. The van der Waals surface area contributed by atoms with Crippen molar-refractivity contribution in [2.75, 3.05) is 0 Å². The van der Waals surface area contributed by atoms with Gasteiger partial charge in [0.05, 0.1) is 11.2 Å². The van der Waals surface area contributed by atoms with Crippen molar-refractivity contribution in [1.82, 2.24) is 0 Å². The maximum absolute atomic E-state index is 14.4. The molecule has 2 rings (SSSR count). The lowest BCUT2D eigenvalue weighted by molar-refractivity contribution is -0.136. The molecule has 124 valence electrons. The highest BCUT2D eigenvalue weighted by Gasteiger charge is 2.53. The zero-order valence-corrected chi connectivity index (χ0v) is 13.9. The summed E-state index contributed by atoms with van der Waals surface area (Å²) >= 11 is 0. The van der Waals surface area contributed by atoms with Gasteiger partial charge in [-0.15, -0.1) is 0 Å². The maximum atomic E-state index is 14.4. The van der Waals surface area contributed by atoms with Gasteiger partial charge >= 0.3 is 13.1 Å². The number of hydrogen-bond acceptors (Lipinski definition) is 3. The predicted molar refractivity (Wildman–Crippen MR) is 87.6 cm³/mol. The molecule has 23 heavy (non-hydrogen) atoms. The van der Waals surface area contributed by atoms with E-state index in [4.69, 9.17) is 14.4 Å². The highest BCUT2D eigenvalue weighted by Crippen LogP contribution is 2.39. The number of carboxylic acid groups (broad SMARTS) is 1. The van der Waals surface area contributed by atoms with E-state index < -0.39 is 30.0 Å². The second kappa shape index (κ2) is 6.45. The molecular weight excluding hydrogens is 298 g/mol. The van der Waals surface area contributed by atoms with Crippen molar-refractivity contribution < 1.29 is 23.6 Å². The van der Waals surface area contributed by atoms with Crippen LogP contribution in [-0.4, -0.2) is 29.4 Å². The van der Waals surface area contributed by atoms with Gasteiger partial charge in [0.25, 0.3) is 0 Å². The van der Waals surface area contributed by atoms with Crippen molar-refractivity contribution >= 4 is 19.2 Å². The van der Waals surface area contributed by atoms with Crippen LogP contribution in [0.15, 0.2) is 30.0 Å². The smallest absolute Gasteiger partial charge is 0.481 e. The summed E-state index contributed by atoms with van der Waals surface area (Å²) in [6.45, 7) is 7.49. The molecule has 0 saturated carbocycles. The monoisotopic (exact) mass is 320 g/mol. The van der Waals surface area contributed by atoms with Crippen molar-refractivity contribution in [3.05, 3.63) is 41.1 Å². The Morgan fingerprint density at radius 1 is 1.17 bits per heavy atom. The summed E-state index contributed by atoms with van der Waals surface area (Å²) in [7, 11) is -1.01. The fraction of sp³-hybridized carbons (Fsp3) is 0.471. The van der Waals surface area contributed by atoms with Gasteiger partial charge in [0.1, 0.15) is 5.73 Å². The second-order valence-electron chi connectivity index (χ2n) is 6.75. The summed E-state index contributed by atoms with van der Waals surface area (Å²) in [4.78, 5) is 10.6. The van der Waals surface area contributed by atoms with Gasteiger partial charge < -0.3 is 14.4 Å². The second-order valence-corrected chi connectivity index (χ2v) is 6.75. The van der Waals surface area contributed by atoms with Gasteiger partial charge in [-0.2, -0.15) is 0 Å². The fourth-order valence-electron chi connectivity index (χ4n) is 2.21. The van der Waals surface area contributed by atoms with Gasteiger partial charge in [-0.05, 0) is 51.3 Å². The summed E-state index contributed by atoms with van der Waals surface area (Å²) in [5.41, 5.74) is -0.0635. The van der Waals surface area contributed by atoms with E-state index in [2.05, 4.69) is 0 Å². The number of hydrogen-bond donors (Lipinski definition) is 1. The zero-order valence-electron chi connectivity index (χ0n) is 13.9. The van der Waals surface area contributed by atoms with E-state index in [1.807, 2.05) is 27.7 Å². The van der Waals surface area contributed by atoms with E-state index >= 15 is 0 Å². The number of aliphatic carboxylic acids is 1. The third-order valence-electron chi connectivity index (χ3n) is 4.39. The molecule has 1 fully saturated rings. The topological polar surface area (TPSA) is 55.8 Å². The van der Waals surface area contributed by atoms with Crippen molar-refractivity contribution in [3.8, 4) is 0 Å². The summed E-state index contributed by atoms with van der Waals surface area (Å²) in [6.07, 6.45) is 1.92. The third kappa shape index (κ3) is 4.21. The average Bonchev–Trinajstić information content (AvgIpc) is 2.67. The molecule has 0 bridgehead atoms. The van der Waals surface area contributed by atoms with Crippen LogP contribution in [0.5, 0.6) is 0 Å². The molecule has 1 saturated heterocycles. The SMILES string of the molecule is CC1(C)OB(C(F)=Cc2ccc(CCC(=O)O)cc2)OC1(C)C. The molecule has 1 aromatic carbocycles. The molecule has 1 N–H and O–H groups in total. The van der Waals surface area contributed by atoms with Crippen molar-refractivity contribution in [3.63, 3.8) is 0 Å². The Hall–Kier alpha value is -1.66. The normalized spacial score (nSPS) is 19.9. The van der Waals surface area contributed by atoms with E-state index in [1.165, 1.54) is 6.08 Å². The minimum Gasteiger partial charge on any atom is -0.481 e. The number of rotatable bonds is 5. The standard InChI is InChI=1S/C17H22BFO4/c1-16(2)17(3,4)23-18(22-16)14(19)11-13-7-5-12(6-8-13)9-10-15(20)21/h5-8,11H,9-10H2,1-4H3,(H,20,21). The Kier molecular flexibility index (Phi) is 4.97. The van der Waals surface area contributed by atoms with E-state index in [0.29, 0.717) is 12.0 Å². The Bertz CT molecular complexity index is 592. The lowest BCUT2D eigenvalue weighted by Crippen LogP contribution is -2.41. The minimum absolute atomic E-state index is 0.0808. The van der Waals surface area contributed by atoms with E-state index in [0.717, 1.165) is 5.56 Å². The molecule has 1 aliphatic rings. The van der Waals surface area contributed by atoms with Crippen LogP contribution in [0.1, 0.15) is 45.2 Å². The lowest BCUT2D eigenvalue weighted by Gasteiger charge is -2.32. The minimum atomic E-state index is -1.01. The van der Waals surface area contributed by atoms with Gasteiger partial charge in [-0.3, -0.25) is 4.79 Å². The maximum Gasteiger partial charge on any atom is 0.525 e. The first-order valence-corrected chi connectivity index (χ1v) is 7.64. The third-order valence-corrected chi connectivity index (χ3v) is 4.39. The molecule has 1 aliphatic heterocycles. The average molecular weight is 320 g/mol. The molecule has 0 aliphatic carbocycles. The first-order valence-electron chi connectivity index (χ1n) is 7.64. The number of benzene rings is 1. The summed E-state index contributed by atoms with van der Waals surface area (Å²) in [5.74, 6) is -0.833. The molecule has 1 heterocycles. The summed E-state index contributed by atoms with van der Waals surface area (Å²) in [5, 5.41) is 8.67. The highest BCUT2D eigenvalue weighted by molar-refractivity contribution is 6.54. The molecule has 0 atom stereocenters. The van der Waals surface area contributed by atoms with E-state index in [1.54, 1.807) is 24.3 Å². The largest absolute Gasteiger partial charge is 0.525 e. The molecule has 0 spiro atoms. The van der Waals surface area contributed by atoms with Crippen LogP contribution in [0.4, 0.5) is 4.39 Å². The quantitative estimate of drug-likeness (QED) is 0.842. The molecule has 6 heteroatoms. The molecule has 0 amide bonds. The highest BCUT2D eigenvalue weighted by atomic mass is 19.1. The first-order chi connectivity index (χ1) is 10.6. The van der Waals surface area contributed by atoms with Crippen molar-refractivity contribution in [2.45, 2.75) is 51.7 Å². The van der Waals surface area contributed by atoms with Crippen molar-refractivity contribution in [1.29, 1.82) is 0 Å². The Morgan fingerprint density at radius 3 is 2.17 bits per heavy atom. The van der Waals surface area contributed by atoms with Crippen LogP contribution >= 0.6 is 0 Å². The van der Waals surface area contributed by atoms with E-state index in [9.17, 15) is 9.18 Å². The van der Waals surface area contributed by atoms with Crippen LogP contribution in [-0.2, 0) is 20.5 Å². The van der Waals surface area contributed by atoms with Gasteiger partial charge in [0.15, 0.2) is 0 Å². The Labute approximate surface area is 136 Å². The zero-order chi connectivity index (χ0) is 17.3. The predicted octanol–water partition coefficient (Wildman–Crippen LogP) is 3.65. The van der Waals surface area contributed by atoms with Crippen LogP contribution < -0.4 is 0 Å². The number of halogens is 1. The first kappa shape index (κ1) is 17.7. The molecule has 0 unspecified atom stereocenters. The van der Waals surface area contributed by atoms with Crippen molar-refractivity contribution in [2.24, 2.45) is 0 Å². The van der Waals surface area contributed by atoms with Crippen LogP contribution in [0.25, 0.3) is 6.08 Å². The molecule has 0 radical (unpaired) electrons. The molecule has 1 aromatic rings. The summed E-state index contributed by atoms with van der Waals surface area (Å²) in [6, 6.07) is 7.10. The number of carboxylic acids is 1. The van der Waals surface area contributed by atoms with Crippen LogP contribution in [0.3, 0.4) is 0 Å². The molecular formula is C17H22BFO4. The van der Waals surface area contributed by atoms with Crippen LogP contribution in [0, 0.1) is 0 Å². The van der Waals surface area contributed by atoms with Gasteiger partial charge in [0, 0.05) is 6.42 Å². The lowest BCUT2D eigenvalue weighted by atomic mass is 9.86.